The highest BCUT2D eigenvalue weighted by molar-refractivity contribution is 7.98. The minimum atomic E-state index is 0.383. The maximum Gasteiger partial charge on any atom is 0.134 e. The van der Waals surface area contributed by atoms with Gasteiger partial charge in [0.15, 0.2) is 0 Å². The Hall–Kier alpha value is -0.430. The van der Waals surface area contributed by atoms with Crippen molar-refractivity contribution in [1.82, 2.24) is 0 Å². The first-order valence-electron chi connectivity index (χ1n) is 5.96. The fraction of sp³-hybridized carbons (Fsp3) is 0.600. The molecule has 16 heavy (non-hydrogen) atoms. The molecule has 0 heterocycles. The summed E-state index contributed by atoms with van der Waals surface area (Å²) in [5.41, 5.74) is 1.47. The normalized spacial score (nSPS) is 13.2. The van der Waals surface area contributed by atoms with Crippen LogP contribution in [0.3, 0.4) is 0 Å². The van der Waals surface area contributed by atoms with Gasteiger partial charge in [-0.2, -0.15) is 0 Å². The van der Waals surface area contributed by atoms with E-state index in [0.717, 1.165) is 0 Å². The van der Waals surface area contributed by atoms with E-state index in [1.807, 2.05) is 0 Å². The van der Waals surface area contributed by atoms with Gasteiger partial charge in [-0.3, -0.25) is 0 Å². The van der Waals surface area contributed by atoms with Crippen molar-refractivity contribution in [2.24, 2.45) is 0 Å². The Kier molecular flexibility index (Phi) is 4.12. The fourth-order valence-corrected chi connectivity index (χ4v) is 5.32. The van der Waals surface area contributed by atoms with Gasteiger partial charge in [0.1, 0.15) is 15.2 Å². The molecule has 0 fully saturated rings. The smallest absolute Gasteiger partial charge is 0.0622 e. The van der Waals surface area contributed by atoms with Crippen molar-refractivity contribution in [2.45, 2.75) is 56.8 Å². The van der Waals surface area contributed by atoms with E-state index >= 15 is 0 Å². The standard InChI is InChI=1S/C15H25S/c1-14(2,3)16(15(4,5)6)12-13-10-8-7-9-11-13/h7-11H,12H2,1-6H3/q+1. The summed E-state index contributed by atoms with van der Waals surface area (Å²) in [6.45, 7) is 14.2. The van der Waals surface area contributed by atoms with Gasteiger partial charge in [-0.05, 0) is 41.5 Å². The van der Waals surface area contributed by atoms with Crippen LogP contribution >= 0.6 is 0 Å². The van der Waals surface area contributed by atoms with Gasteiger partial charge < -0.3 is 0 Å². The lowest BCUT2D eigenvalue weighted by atomic mass is 10.2. The second-order valence-corrected chi connectivity index (χ2v) is 9.77. The molecule has 1 aromatic rings. The molecule has 1 rings (SSSR count). The van der Waals surface area contributed by atoms with Gasteiger partial charge in [0.25, 0.3) is 0 Å². The van der Waals surface area contributed by atoms with Crippen molar-refractivity contribution < 1.29 is 0 Å². The second kappa shape index (κ2) is 4.83. The van der Waals surface area contributed by atoms with E-state index in [1.54, 1.807) is 0 Å². The van der Waals surface area contributed by atoms with Gasteiger partial charge in [0.2, 0.25) is 0 Å². The van der Waals surface area contributed by atoms with Crippen LogP contribution in [0.25, 0.3) is 0 Å². The average molecular weight is 237 g/mol. The molecule has 0 nitrogen and oxygen atoms in total. The van der Waals surface area contributed by atoms with E-state index in [-0.39, 0.29) is 0 Å². The molecule has 0 atom stereocenters. The van der Waals surface area contributed by atoms with E-state index < -0.39 is 0 Å². The first-order valence-corrected chi connectivity index (χ1v) is 7.36. The predicted molar refractivity (Wildman–Crippen MR) is 77.0 cm³/mol. The fourth-order valence-electron chi connectivity index (χ4n) is 2.09. The van der Waals surface area contributed by atoms with Crippen molar-refractivity contribution in [3.63, 3.8) is 0 Å². The van der Waals surface area contributed by atoms with Gasteiger partial charge >= 0.3 is 0 Å². The first-order chi connectivity index (χ1) is 7.21. The quantitative estimate of drug-likeness (QED) is 0.669. The summed E-state index contributed by atoms with van der Waals surface area (Å²) >= 11 is 0. The maximum atomic E-state index is 2.37. The lowest BCUT2D eigenvalue weighted by molar-refractivity contribution is 0.716. The van der Waals surface area contributed by atoms with E-state index in [4.69, 9.17) is 0 Å². The molecule has 0 unspecified atom stereocenters. The van der Waals surface area contributed by atoms with Crippen molar-refractivity contribution in [1.29, 1.82) is 0 Å². The van der Waals surface area contributed by atoms with Crippen molar-refractivity contribution in [3.05, 3.63) is 35.9 Å². The summed E-state index contributed by atoms with van der Waals surface area (Å²) < 4.78 is 0.766. The zero-order valence-electron chi connectivity index (χ0n) is 11.5. The summed E-state index contributed by atoms with van der Waals surface area (Å²) in [6.07, 6.45) is 0. The molecular weight excluding hydrogens is 212 g/mol. The number of hydrogen-bond donors (Lipinski definition) is 0. The zero-order chi connectivity index (χ0) is 12.4. The molecule has 0 aliphatic rings. The molecule has 1 heteroatoms. The van der Waals surface area contributed by atoms with Gasteiger partial charge in [-0.15, -0.1) is 0 Å². The second-order valence-electron chi connectivity index (χ2n) is 6.25. The molecule has 0 radical (unpaired) electrons. The summed E-state index contributed by atoms with van der Waals surface area (Å²) in [7, 11) is 0.390. The molecule has 1 aromatic carbocycles. The molecule has 0 amide bonds. The average Bonchev–Trinajstić information content (AvgIpc) is 2.12. The third kappa shape index (κ3) is 3.86. The highest BCUT2D eigenvalue weighted by Gasteiger charge is 2.44. The van der Waals surface area contributed by atoms with Crippen LogP contribution in [0.4, 0.5) is 0 Å². The highest BCUT2D eigenvalue weighted by Crippen LogP contribution is 2.33. The van der Waals surface area contributed by atoms with Crippen LogP contribution in [0.1, 0.15) is 47.1 Å². The van der Waals surface area contributed by atoms with Crippen LogP contribution in [0.5, 0.6) is 0 Å². The summed E-state index contributed by atoms with van der Waals surface area (Å²) in [5.74, 6) is 1.20. The van der Waals surface area contributed by atoms with Gasteiger partial charge in [-0.1, -0.05) is 30.3 Å². The predicted octanol–water partition coefficient (Wildman–Crippen LogP) is 4.40. The molecule has 0 spiro atoms. The molecule has 0 saturated heterocycles. The Morgan fingerprint density at radius 3 is 1.62 bits per heavy atom. The van der Waals surface area contributed by atoms with Crippen LogP contribution < -0.4 is 0 Å². The highest BCUT2D eigenvalue weighted by atomic mass is 32.2. The Morgan fingerprint density at radius 2 is 1.25 bits per heavy atom. The molecule has 0 aromatic heterocycles. The van der Waals surface area contributed by atoms with Crippen molar-refractivity contribution in [2.75, 3.05) is 0 Å². The molecular formula is C15H25S+. The summed E-state index contributed by atoms with van der Waals surface area (Å²) in [6, 6.07) is 10.9. The lowest BCUT2D eigenvalue weighted by Gasteiger charge is -2.31. The number of rotatable bonds is 2. The summed E-state index contributed by atoms with van der Waals surface area (Å²) in [4.78, 5) is 0. The van der Waals surface area contributed by atoms with Crippen molar-refractivity contribution >= 4 is 10.9 Å². The Morgan fingerprint density at radius 1 is 0.812 bits per heavy atom. The van der Waals surface area contributed by atoms with E-state index in [1.165, 1.54) is 11.3 Å². The third-order valence-corrected chi connectivity index (χ3v) is 6.21. The summed E-state index contributed by atoms with van der Waals surface area (Å²) in [5, 5.41) is 0. The minimum Gasteiger partial charge on any atom is -0.0622 e. The molecule has 0 aliphatic heterocycles. The van der Waals surface area contributed by atoms with Crippen LogP contribution in [-0.2, 0) is 16.6 Å². The van der Waals surface area contributed by atoms with E-state index in [0.29, 0.717) is 20.4 Å². The number of hydrogen-bond acceptors (Lipinski definition) is 0. The van der Waals surface area contributed by atoms with Crippen LogP contribution in [0.15, 0.2) is 30.3 Å². The topological polar surface area (TPSA) is 0 Å². The van der Waals surface area contributed by atoms with E-state index in [2.05, 4.69) is 71.9 Å². The molecule has 0 bridgehead atoms. The maximum absolute atomic E-state index is 2.37. The zero-order valence-corrected chi connectivity index (χ0v) is 12.3. The lowest BCUT2D eigenvalue weighted by Crippen LogP contribution is -2.43. The molecule has 90 valence electrons. The van der Waals surface area contributed by atoms with Gasteiger partial charge in [0, 0.05) is 16.5 Å². The Labute approximate surface area is 104 Å². The third-order valence-electron chi connectivity index (χ3n) is 2.63. The minimum absolute atomic E-state index is 0.383. The Bertz CT molecular complexity index is 300. The SMILES string of the molecule is CC(C)(C)[S+](Cc1ccccc1)C(C)(C)C. The monoisotopic (exact) mass is 237 g/mol. The molecule has 0 aliphatic carbocycles. The van der Waals surface area contributed by atoms with Crippen LogP contribution in [0.2, 0.25) is 0 Å². The van der Waals surface area contributed by atoms with Gasteiger partial charge in [0.05, 0.1) is 0 Å². The van der Waals surface area contributed by atoms with Crippen LogP contribution in [0, 0.1) is 0 Å². The molecule has 0 N–H and O–H groups in total. The largest absolute Gasteiger partial charge is 0.134 e. The van der Waals surface area contributed by atoms with Gasteiger partial charge in [-0.25, -0.2) is 0 Å². The molecule has 0 saturated carbocycles. The van der Waals surface area contributed by atoms with E-state index in [9.17, 15) is 0 Å². The number of benzene rings is 1. The first kappa shape index (κ1) is 13.6. The Balaban J connectivity index is 2.89. The van der Waals surface area contributed by atoms with Crippen molar-refractivity contribution in [3.8, 4) is 0 Å². The van der Waals surface area contributed by atoms with Crippen LogP contribution in [-0.4, -0.2) is 9.49 Å².